The van der Waals surface area contributed by atoms with Crippen molar-refractivity contribution in [1.82, 2.24) is 9.97 Å². The van der Waals surface area contributed by atoms with Gasteiger partial charge >= 0.3 is 0 Å². The molecule has 1 aromatic rings. The molecule has 0 bridgehead atoms. The SMILES string of the molecule is CC(C)Cc1nc(Cl)c(N)c(NCCOCCO)n1. The molecule has 1 heterocycles. The zero-order chi connectivity index (χ0) is 14.3. The Labute approximate surface area is 118 Å². The normalized spacial score (nSPS) is 11.0. The molecule has 108 valence electrons. The van der Waals surface area contributed by atoms with E-state index in [9.17, 15) is 0 Å². The molecular weight excluding hydrogens is 268 g/mol. The highest BCUT2D eigenvalue weighted by atomic mass is 35.5. The number of aliphatic hydroxyl groups is 1. The quantitative estimate of drug-likeness (QED) is 0.494. The summed E-state index contributed by atoms with van der Waals surface area (Å²) in [7, 11) is 0. The number of aliphatic hydroxyl groups excluding tert-OH is 1. The minimum atomic E-state index is 0.0139. The second-order valence-corrected chi connectivity index (χ2v) is 4.91. The van der Waals surface area contributed by atoms with Gasteiger partial charge in [-0.05, 0) is 5.92 Å². The molecule has 6 nitrogen and oxygen atoms in total. The number of nitrogens with two attached hydrogens (primary N) is 1. The van der Waals surface area contributed by atoms with Crippen LogP contribution in [0.5, 0.6) is 0 Å². The van der Waals surface area contributed by atoms with Crippen LogP contribution >= 0.6 is 11.6 Å². The van der Waals surface area contributed by atoms with E-state index in [0.717, 1.165) is 6.42 Å². The van der Waals surface area contributed by atoms with Gasteiger partial charge < -0.3 is 20.9 Å². The van der Waals surface area contributed by atoms with E-state index < -0.39 is 0 Å². The van der Waals surface area contributed by atoms with E-state index in [0.29, 0.717) is 43.0 Å². The van der Waals surface area contributed by atoms with E-state index in [1.807, 2.05) is 0 Å². The lowest BCUT2D eigenvalue weighted by molar-refractivity contribution is 0.0992. The van der Waals surface area contributed by atoms with Crippen LogP contribution in [-0.4, -0.2) is 41.4 Å². The standard InChI is InChI=1S/C12H21ClN4O2/c1-8(2)7-9-16-11(13)10(14)12(17-9)15-3-5-19-6-4-18/h8,18H,3-7,14H2,1-2H3,(H,15,16,17). The summed E-state index contributed by atoms with van der Waals surface area (Å²) in [6, 6.07) is 0. The molecule has 19 heavy (non-hydrogen) atoms. The van der Waals surface area contributed by atoms with E-state index in [1.54, 1.807) is 0 Å². The number of rotatable bonds is 8. The average molecular weight is 289 g/mol. The lowest BCUT2D eigenvalue weighted by Gasteiger charge is -2.12. The number of aromatic nitrogens is 2. The van der Waals surface area contributed by atoms with Crippen molar-refractivity contribution in [3.8, 4) is 0 Å². The number of nitrogen functional groups attached to an aromatic ring is 1. The Bertz CT molecular complexity index is 402. The molecule has 0 fully saturated rings. The van der Waals surface area contributed by atoms with Crippen LogP contribution in [0.3, 0.4) is 0 Å². The van der Waals surface area contributed by atoms with E-state index in [4.69, 9.17) is 27.2 Å². The van der Waals surface area contributed by atoms with Crippen LogP contribution in [0, 0.1) is 5.92 Å². The van der Waals surface area contributed by atoms with Crippen LogP contribution in [0.1, 0.15) is 19.7 Å². The summed E-state index contributed by atoms with van der Waals surface area (Å²) in [5.41, 5.74) is 6.17. The zero-order valence-corrected chi connectivity index (χ0v) is 12.1. The van der Waals surface area contributed by atoms with Gasteiger partial charge in [0.1, 0.15) is 11.5 Å². The lowest BCUT2D eigenvalue weighted by atomic mass is 10.1. The molecule has 4 N–H and O–H groups in total. The first-order valence-corrected chi connectivity index (χ1v) is 6.66. The maximum Gasteiger partial charge on any atom is 0.157 e. The summed E-state index contributed by atoms with van der Waals surface area (Å²) in [6.45, 7) is 5.51. The molecule has 0 atom stereocenters. The van der Waals surface area contributed by atoms with Crippen molar-refractivity contribution in [2.75, 3.05) is 37.4 Å². The van der Waals surface area contributed by atoms with Crippen LogP contribution in [0.15, 0.2) is 0 Å². The molecule has 0 saturated carbocycles. The predicted molar refractivity (Wildman–Crippen MR) is 76.4 cm³/mol. The minimum Gasteiger partial charge on any atom is -0.394 e. The van der Waals surface area contributed by atoms with Gasteiger partial charge in [-0.15, -0.1) is 0 Å². The van der Waals surface area contributed by atoms with Crippen molar-refractivity contribution in [2.45, 2.75) is 20.3 Å². The van der Waals surface area contributed by atoms with Crippen molar-refractivity contribution in [3.63, 3.8) is 0 Å². The number of anilines is 2. The Morgan fingerprint density at radius 3 is 2.74 bits per heavy atom. The van der Waals surface area contributed by atoms with E-state index in [1.165, 1.54) is 0 Å². The second kappa shape index (κ2) is 8.14. The van der Waals surface area contributed by atoms with Crippen LogP contribution in [-0.2, 0) is 11.2 Å². The minimum absolute atomic E-state index is 0.0139. The first-order chi connectivity index (χ1) is 9.04. The molecule has 0 saturated heterocycles. The Balaban J connectivity index is 2.62. The van der Waals surface area contributed by atoms with Crippen molar-refractivity contribution in [1.29, 1.82) is 0 Å². The topological polar surface area (TPSA) is 93.3 Å². The summed E-state index contributed by atoms with van der Waals surface area (Å²) < 4.78 is 5.14. The maximum atomic E-state index is 8.58. The number of ether oxygens (including phenoxy) is 1. The molecule has 0 aliphatic heterocycles. The third-order valence-corrected chi connectivity index (χ3v) is 2.60. The summed E-state index contributed by atoms with van der Waals surface area (Å²) in [6.07, 6.45) is 0.746. The summed E-state index contributed by atoms with van der Waals surface area (Å²) in [4.78, 5) is 8.51. The number of hydrogen-bond donors (Lipinski definition) is 3. The predicted octanol–water partition coefficient (Wildman–Crippen LogP) is 1.33. The lowest BCUT2D eigenvalue weighted by Crippen LogP contribution is -2.15. The first kappa shape index (κ1) is 15.9. The van der Waals surface area contributed by atoms with Gasteiger partial charge in [0.25, 0.3) is 0 Å². The van der Waals surface area contributed by atoms with Gasteiger partial charge in [-0.1, -0.05) is 25.4 Å². The maximum absolute atomic E-state index is 8.58. The van der Waals surface area contributed by atoms with Gasteiger partial charge in [0, 0.05) is 13.0 Å². The second-order valence-electron chi connectivity index (χ2n) is 4.55. The first-order valence-electron chi connectivity index (χ1n) is 6.29. The van der Waals surface area contributed by atoms with E-state index in [2.05, 4.69) is 29.1 Å². The molecule has 0 spiro atoms. The number of nitrogens with one attached hydrogen (secondary N) is 1. The van der Waals surface area contributed by atoms with Crippen molar-refractivity contribution < 1.29 is 9.84 Å². The largest absolute Gasteiger partial charge is 0.394 e. The molecular formula is C12H21ClN4O2. The summed E-state index contributed by atoms with van der Waals surface area (Å²) in [5, 5.41) is 11.9. The molecule has 0 radical (unpaired) electrons. The highest BCUT2D eigenvalue weighted by Crippen LogP contribution is 2.24. The Morgan fingerprint density at radius 2 is 2.11 bits per heavy atom. The van der Waals surface area contributed by atoms with Crippen LogP contribution < -0.4 is 11.1 Å². The number of nitrogens with zero attached hydrogens (tertiary/aromatic N) is 2. The zero-order valence-electron chi connectivity index (χ0n) is 11.3. The fourth-order valence-corrected chi connectivity index (χ4v) is 1.67. The van der Waals surface area contributed by atoms with Gasteiger partial charge in [-0.3, -0.25) is 0 Å². The molecule has 0 amide bonds. The molecule has 1 rings (SSSR count). The summed E-state index contributed by atoms with van der Waals surface area (Å²) in [5.74, 6) is 1.65. The Hall–Kier alpha value is -1.11. The van der Waals surface area contributed by atoms with Gasteiger partial charge in [0.15, 0.2) is 11.0 Å². The van der Waals surface area contributed by atoms with Crippen LogP contribution in [0.2, 0.25) is 5.15 Å². The smallest absolute Gasteiger partial charge is 0.157 e. The van der Waals surface area contributed by atoms with E-state index in [-0.39, 0.29) is 11.8 Å². The average Bonchev–Trinajstić information content (AvgIpc) is 2.34. The Kier molecular flexibility index (Phi) is 6.83. The molecule has 1 aromatic heterocycles. The van der Waals surface area contributed by atoms with Gasteiger partial charge in [-0.2, -0.15) is 0 Å². The van der Waals surface area contributed by atoms with Crippen LogP contribution in [0.4, 0.5) is 11.5 Å². The molecule has 0 aromatic carbocycles. The van der Waals surface area contributed by atoms with E-state index >= 15 is 0 Å². The molecule has 7 heteroatoms. The van der Waals surface area contributed by atoms with Crippen molar-refractivity contribution in [3.05, 3.63) is 11.0 Å². The molecule has 0 aliphatic carbocycles. The number of hydrogen-bond acceptors (Lipinski definition) is 6. The van der Waals surface area contributed by atoms with Gasteiger partial charge in [0.05, 0.1) is 19.8 Å². The molecule has 0 aliphatic rings. The third kappa shape index (κ3) is 5.59. The van der Waals surface area contributed by atoms with Crippen LogP contribution in [0.25, 0.3) is 0 Å². The molecule has 0 unspecified atom stereocenters. The summed E-state index contributed by atoms with van der Waals surface area (Å²) >= 11 is 5.98. The number of halogens is 1. The van der Waals surface area contributed by atoms with Gasteiger partial charge in [-0.25, -0.2) is 9.97 Å². The Morgan fingerprint density at radius 1 is 1.37 bits per heavy atom. The fourth-order valence-electron chi connectivity index (χ4n) is 1.48. The van der Waals surface area contributed by atoms with Gasteiger partial charge in [0.2, 0.25) is 0 Å². The fraction of sp³-hybridized carbons (Fsp3) is 0.667. The van der Waals surface area contributed by atoms with Crippen molar-refractivity contribution >= 4 is 23.1 Å². The highest BCUT2D eigenvalue weighted by Gasteiger charge is 2.11. The van der Waals surface area contributed by atoms with Crippen molar-refractivity contribution in [2.24, 2.45) is 5.92 Å². The monoisotopic (exact) mass is 288 g/mol. The highest BCUT2D eigenvalue weighted by molar-refractivity contribution is 6.32. The third-order valence-electron chi connectivity index (χ3n) is 2.31.